The average molecular weight is 508 g/mol. The van der Waals surface area contributed by atoms with E-state index in [1.807, 2.05) is 60.7 Å². The third kappa shape index (κ3) is 5.76. The summed E-state index contributed by atoms with van der Waals surface area (Å²) in [7, 11) is 0. The number of thioether (sulfide) groups is 1. The fraction of sp³-hybridized carbons (Fsp3) is 0.125. The van der Waals surface area contributed by atoms with Crippen LogP contribution in [0.2, 0.25) is 0 Å². The minimum Gasteiger partial charge on any atom is -0.462 e. The smallest absolute Gasteiger partial charge is 0.350 e. The highest BCUT2D eigenvalue weighted by Crippen LogP contribution is 2.32. The van der Waals surface area contributed by atoms with E-state index in [0.29, 0.717) is 16.3 Å². The van der Waals surface area contributed by atoms with E-state index in [1.165, 1.54) is 6.07 Å². The van der Waals surface area contributed by atoms with Crippen molar-refractivity contribution in [2.75, 3.05) is 23.4 Å². The Labute approximate surface area is 209 Å². The van der Waals surface area contributed by atoms with Crippen LogP contribution in [-0.2, 0) is 9.53 Å². The zero-order valence-electron chi connectivity index (χ0n) is 18.6. The quantitative estimate of drug-likeness (QED) is 0.209. The van der Waals surface area contributed by atoms with Crippen LogP contribution in [0.3, 0.4) is 0 Å². The first kappa shape index (κ1) is 24.2. The summed E-state index contributed by atoms with van der Waals surface area (Å²) in [5, 5.41) is 3.27. The molecule has 0 fully saturated rings. The fourth-order valence-electron chi connectivity index (χ4n) is 3.20. The summed E-state index contributed by atoms with van der Waals surface area (Å²) in [6, 6.07) is 19.6. The van der Waals surface area contributed by atoms with Crippen molar-refractivity contribution in [1.29, 1.82) is 0 Å². The number of hydrogen-bond acceptors (Lipinski definition) is 9. The van der Waals surface area contributed by atoms with Crippen molar-refractivity contribution in [2.45, 2.75) is 12.1 Å². The standard InChI is InChI=1S/C24H21N5O4S2/c1-2-33-22(32)21-20(15-9-5-3-6-10-15)28-23(35-21)26-19(31)14-34-24-27-18(30)13-17(25)29(24)16-11-7-4-8-12-16/h3-13H,2,14,25H2,1H3,(H,26,28,31). The van der Waals surface area contributed by atoms with Gasteiger partial charge in [-0.3, -0.25) is 14.2 Å². The number of nitrogens with one attached hydrogen (secondary N) is 1. The van der Waals surface area contributed by atoms with Gasteiger partial charge >= 0.3 is 5.97 Å². The number of para-hydroxylation sites is 1. The van der Waals surface area contributed by atoms with Crippen molar-refractivity contribution in [3.05, 3.63) is 82.0 Å². The highest BCUT2D eigenvalue weighted by atomic mass is 32.2. The van der Waals surface area contributed by atoms with Crippen LogP contribution in [0.4, 0.5) is 10.9 Å². The molecule has 0 saturated carbocycles. The van der Waals surface area contributed by atoms with Crippen LogP contribution in [0, 0.1) is 0 Å². The molecule has 2 aromatic heterocycles. The number of aromatic nitrogens is 3. The van der Waals surface area contributed by atoms with Gasteiger partial charge in [-0.25, -0.2) is 9.78 Å². The SMILES string of the molecule is CCOC(=O)c1sc(NC(=O)CSc2nc(=O)cc(N)n2-c2ccccc2)nc1-c1ccccc1. The molecule has 0 aliphatic carbocycles. The van der Waals surface area contributed by atoms with E-state index in [-0.39, 0.29) is 34.4 Å². The molecule has 0 radical (unpaired) electrons. The Kier molecular flexibility index (Phi) is 7.58. The number of rotatable bonds is 8. The maximum Gasteiger partial charge on any atom is 0.350 e. The predicted octanol–water partition coefficient (Wildman–Crippen LogP) is 3.85. The number of ether oxygens (including phenoxy) is 1. The normalized spacial score (nSPS) is 10.7. The topological polar surface area (TPSA) is 129 Å². The number of hydrogen-bond donors (Lipinski definition) is 2. The number of carbonyl (C=O) groups excluding carboxylic acids is 2. The Morgan fingerprint density at radius 3 is 2.46 bits per heavy atom. The van der Waals surface area contributed by atoms with Gasteiger partial charge in [0.05, 0.1) is 18.1 Å². The van der Waals surface area contributed by atoms with E-state index in [9.17, 15) is 14.4 Å². The van der Waals surface area contributed by atoms with E-state index in [0.717, 1.165) is 28.7 Å². The van der Waals surface area contributed by atoms with Crippen molar-refractivity contribution in [1.82, 2.24) is 14.5 Å². The molecule has 9 nitrogen and oxygen atoms in total. The number of nitrogen functional groups attached to an aromatic ring is 1. The third-order valence-corrected chi connectivity index (χ3v) is 6.54. The summed E-state index contributed by atoms with van der Waals surface area (Å²) >= 11 is 2.10. The van der Waals surface area contributed by atoms with E-state index in [1.54, 1.807) is 11.5 Å². The van der Waals surface area contributed by atoms with Gasteiger partial charge < -0.3 is 15.8 Å². The van der Waals surface area contributed by atoms with Crippen LogP contribution in [0.5, 0.6) is 0 Å². The zero-order chi connectivity index (χ0) is 24.8. The van der Waals surface area contributed by atoms with Gasteiger partial charge in [0.25, 0.3) is 5.56 Å². The molecule has 0 unspecified atom stereocenters. The highest BCUT2D eigenvalue weighted by Gasteiger charge is 2.22. The number of amides is 1. The van der Waals surface area contributed by atoms with Crippen molar-refractivity contribution in [3.63, 3.8) is 0 Å². The molecule has 3 N–H and O–H groups in total. The number of thiazole rings is 1. The molecule has 1 amide bonds. The van der Waals surface area contributed by atoms with Gasteiger partial charge in [-0.1, -0.05) is 71.6 Å². The van der Waals surface area contributed by atoms with Crippen LogP contribution in [-0.4, -0.2) is 38.8 Å². The van der Waals surface area contributed by atoms with Crippen LogP contribution in [0.15, 0.2) is 76.7 Å². The van der Waals surface area contributed by atoms with E-state index in [4.69, 9.17) is 10.5 Å². The number of nitrogens with two attached hydrogens (primary N) is 1. The lowest BCUT2D eigenvalue weighted by atomic mass is 10.1. The largest absolute Gasteiger partial charge is 0.462 e. The Bertz CT molecular complexity index is 1400. The molecule has 4 rings (SSSR count). The molecule has 2 aromatic carbocycles. The molecule has 0 spiro atoms. The number of anilines is 2. The summed E-state index contributed by atoms with van der Waals surface area (Å²) < 4.78 is 6.76. The molecule has 4 aromatic rings. The number of carbonyl (C=O) groups is 2. The summed E-state index contributed by atoms with van der Waals surface area (Å²) in [5.41, 5.74) is 7.46. The highest BCUT2D eigenvalue weighted by molar-refractivity contribution is 7.99. The molecular formula is C24H21N5O4S2. The summed E-state index contributed by atoms with van der Waals surface area (Å²) in [6.45, 7) is 1.94. The molecule has 178 valence electrons. The molecule has 2 heterocycles. The van der Waals surface area contributed by atoms with Crippen molar-refractivity contribution in [2.24, 2.45) is 0 Å². The number of nitrogens with zero attached hydrogens (tertiary/aromatic N) is 3. The molecule has 0 aliphatic heterocycles. The van der Waals surface area contributed by atoms with E-state index < -0.39 is 11.5 Å². The van der Waals surface area contributed by atoms with Gasteiger partial charge in [0.2, 0.25) is 5.91 Å². The fourth-order valence-corrected chi connectivity index (χ4v) is 4.92. The molecule has 35 heavy (non-hydrogen) atoms. The van der Waals surface area contributed by atoms with Gasteiger partial charge in [0.15, 0.2) is 10.3 Å². The second-order valence-electron chi connectivity index (χ2n) is 7.09. The number of esters is 1. The van der Waals surface area contributed by atoms with Crippen molar-refractivity contribution in [3.8, 4) is 16.9 Å². The van der Waals surface area contributed by atoms with Crippen molar-refractivity contribution < 1.29 is 14.3 Å². The van der Waals surface area contributed by atoms with Crippen LogP contribution < -0.4 is 16.6 Å². The lowest BCUT2D eigenvalue weighted by Gasteiger charge is -2.14. The van der Waals surface area contributed by atoms with Crippen molar-refractivity contribution >= 4 is 45.9 Å². The van der Waals surface area contributed by atoms with Crippen LogP contribution in [0.25, 0.3) is 16.9 Å². The lowest BCUT2D eigenvalue weighted by molar-refractivity contribution is -0.113. The molecule has 0 aliphatic rings. The predicted molar refractivity (Wildman–Crippen MR) is 137 cm³/mol. The summed E-state index contributed by atoms with van der Waals surface area (Å²) in [5.74, 6) is -0.729. The molecular weight excluding hydrogens is 486 g/mol. The van der Waals surface area contributed by atoms with Crippen LogP contribution >= 0.6 is 23.1 Å². The average Bonchev–Trinajstić information content (AvgIpc) is 3.27. The van der Waals surface area contributed by atoms with Gasteiger partial charge in [-0.15, -0.1) is 0 Å². The molecule has 0 saturated heterocycles. The first-order valence-corrected chi connectivity index (χ1v) is 12.4. The monoisotopic (exact) mass is 507 g/mol. The Balaban J connectivity index is 1.54. The first-order valence-electron chi connectivity index (χ1n) is 10.6. The number of benzene rings is 2. The molecule has 11 heteroatoms. The third-order valence-electron chi connectivity index (χ3n) is 4.66. The Hall–Kier alpha value is -3.96. The van der Waals surface area contributed by atoms with Gasteiger partial charge in [0, 0.05) is 17.3 Å². The molecule has 0 bridgehead atoms. The second kappa shape index (κ2) is 11.0. The van der Waals surface area contributed by atoms with E-state index in [2.05, 4.69) is 15.3 Å². The zero-order valence-corrected chi connectivity index (χ0v) is 20.3. The Morgan fingerprint density at radius 2 is 1.77 bits per heavy atom. The molecule has 0 atom stereocenters. The van der Waals surface area contributed by atoms with Gasteiger partial charge in [0.1, 0.15) is 10.7 Å². The van der Waals surface area contributed by atoms with Gasteiger partial charge in [-0.2, -0.15) is 4.98 Å². The maximum atomic E-state index is 12.7. The first-order chi connectivity index (χ1) is 17.0. The Morgan fingerprint density at radius 1 is 1.09 bits per heavy atom. The summed E-state index contributed by atoms with van der Waals surface area (Å²) in [4.78, 5) is 45.9. The van der Waals surface area contributed by atoms with E-state index >= 15 is 0 Å². The lowest BCUT2D eigenvalue weighted by Crippen LogP contribution is -2.19. The minimum atomic E-state index is -0.505. The summed E-state index contributed by atoms with van der Waals surface area (Å²) in [6.07, 6.45) is 0. The van der Waals surface area contributed by atoms with Gasteiger partial charge in [-0.05, 0) is 19.1 Å². The maximum absolute atomic E-state index is 12.7. The van der Waals surface area contributed by atoms with Crippen LogP contribution in [0.1, 0.15) is 16.6 Å². The second-order valence-corrected chi connectivity index (χ2v) is 9.03. The minimum absolute atomic E-state index is 0.0578.